The van der Waals surface area contributed by atoms with Gasteiger partial charge in [0.2, 0.25) is 0 Å². The molecule has 3 N–H and O–H groups in total. The Morgan fingerprint density at radius 1 is 1.24 bits per heavy atom. The summed E-state index contributed by atoms with van der Waals surface area (Å²) in [6.07, 6.45) is 0. The van der Waals surface area contributed by atoms with Crippen LogP contribution in [0.15, 0.2) is 46.9 Å². The smallest absolute Gasteiger partial charge is 0.271 e. The molecule has 21 heavy (non-hydrogen) atoms. The number of hydrogen-bond donors (Lipinski definition) is 2. The zero-order chi connectivity index (χ0) is 15.4. The quantitative estimate of drug-likeness (QED) is 0.503. The number of non-ortho nitro benzene ring substituents is 1. The Labute approximate surface area is 129 Å². The van der Waals surface area contributed by atoms with Crippen LogP contribution in [0.2, 0.25) is 0 Å². The summed E-state index contributed by atoms with van der Waals surface area (Å²) in [5, 5.41) is 13.5. The second-order valence-electron chi connectivity index (χ2n) is 4.38. The van der Waals surface area contributed by atoms with Crippen molar-refractivity contribution in [3.63, 3.8) is 0 Å². The normalized spacial score (nSPS) is 10.1. The largest absolute Gasteiger partial charge is 0.399 e. The molecule has 6 nitrogen and oxygen atoms in total. The van der Waals surface area contributed by atoms with E-state index in [1.54, 1.807) is 24.3 Å². The van der Waals surface area contributed by atoms with E-state index in [2.05, 4.69) is 21.2 Å². The van der Waals surface area contributed by atoms with E-state index >= 15 is 0 Å². The Balaban J connectivity index is 2.09. The molecule has 1 amide bonds. The van der Waals surface area contributed by atoms with Crippen molar-refractivity contribution in [2.24, 2.45) is 0 Å². The fourth-order valence-electron chi connectivity index (χ4n) is 1.73. The van der Waals surface area contributed by atoms with Crippen LogP contribution in [0.4, 0.5) is 11.4 Å². The minimum atomic E-state index is -0.540. The van der Waals surface area contributed by atoms with Gasteiger partial charge in [0.15, 0.2) is 0 Å². The number of benzene rings is 2. The Hall–Kier alpha value is -2.41. The number of nitro groups is 1. The average Bonchev–Trinajstić information content (AvgIpc) is 2.45. The highest BCUT2D eigenvalue weighted by atomic mass is 79.9. The van der Waals surface area contributed by atoms with Crippen LogP contribution in [0.5, 0.6) is 0 Å². The van der Waals surface area contributed by atoms with Gasteiger partial charge in [-0.1, -0.05) is 28.1 Å². The lowest BCUT2D eigenvalue weighted by Crippen LogP contribution is -2.22. The van der Waals surface area contributed by atoms with Crippen LogP contribution in [-0.2, 0) is 6.54 Å². The molecular formula is C14H12BrN3O3. The lowest BCUT2D eigenvalue weighted by molar-refractivity contribution is -0.385. The summed E-state index contributed by atoms with van der Waals surface area (Å²) in [5.41, 5.74) is 7.21. The number of nitro benzene ring substituents is 1. The molecule has 0 aliphatic carbocycles. The number of rotatable bonds is 4. The van der Waals surface area contributed by atoms with E-state index in [1.807, 2.05) is 0 Å². The summed E-state index contributed by atoms with van der Waals surface area (Å²) < 4.78 is 0.481. The number of amides is 1. The lowest BCUT2D eigenvalue weighted by Gasteiger charge is -2.06. The predicted octanol–water partition coefficient (Wildman–Crippen LogP) is 2.87. The van der Waals surface area contributed by atoms with Crippen molar-refractivity contribution in [2.45, 2.75) is 6.54 Å². The predicted molar refractivity (Wildman–Crippen MR) is 82.8 cm³/mol. The lowest BCUT2D eigenvalue weighted by atomic mass is 10.1. The molecular weight excluding hydrogens is 338 g/mol. The first-order valence-electron chi connectivity index (χ1n) is 6.03. The van der Waals surface area contributed by atoms with Gasteiger partial charge in [-0.25, -0.2) is 0 Å². The first-order chi connectivity index (χ1) is 9.95. The van der Waals surface area contributed by atoms with Gasteiger partial charge in [-0.15, -0.1) is 0 Å². The summed E-state index contributed by atoms with van der Waals surface area (Å²) in [6.45, 7) is 0.319. The average molecular weight is 350 g/mol. The van der Waals surface area contributed by atoms with E-state index in [0.29, 0.717) is 16.7 Å². The van der Waals surface area contributed by atoms with Gasteiger partial charge in [0.05, 0.1) is 4.92 Å². The van der Waals surface area contributed by atoms with Gasteiger partial charge in [-0.05, 0) is 23.8 Å². The van der Waals surface area contributed by atoms with Gasteiger partial charge in [0, 0.05) is 34.4 Å². The maximum atomic E-state index is 12.0. The highest BCUT2D eigenvalue weighted by Gasteiger charge is 2.13. The van der Waals surface area contributed by atoms with Crippen LogP contribution in [-0.4, -0.2) is 10.8 Å². The van der Waals surface area contributed by atoms with Crippen molar-refractivity contribution in [3.05, 3.63) is 68.2 Å². The van der Waals surface area contributed by atoms with Crippen molar-refractivity contribution in [1.82, 2.24) is 5.32 Å². The van der Waals surface area contributed by atoms with Crippen LogP contribution < -0.4 is 11.1 Å². The van der Waals surface area contributed by atoms with Gasteiger partial charge in [0.25, 0.3) is 11.6 Å². The third-order valence-electron chi connectivity index (χ3n) is 2.79. The maximum Gasteiger partial charge on any atom is 0.271 e. The molecule has 0 radical (unpaired) electrons. The molecule has 7 heteroatoms. The fraction of sp³-hybridized carbons (Fsp3) is 0.0714. The van der Waals surface area contributed by atoms with E-state index in [0.717, 1.165) is 5.56 Å². The Kier molecular flexibility index (Phi) is 4.54. The van der Waals surface area contributed by atoms with Gasteiger partial charge >= 0.3 is 0 Å². The zero-order valence-corrected chi connectivity index (χ0v) is 12.5. The molecule has 0 aromatic heterocycles. The van der Waals surface area contributed by atoms with Crippen molar-refractivity contribution < 1.29 is 9.72 Å². The number of nitrogens with one attached hydrogen (secondary N) is 1. The summed E-state index contributed by atoms with van der Waals surface area (Å²) in [6, 6.07) is 11.2. The Bertz CT molecular complexity index is 686. The summed E-state index contributed by atoms with van der Waals surface area (Å²) >= 11 is 3.16. The molecule has 2 rings (SSSR count). The highest BCUT2D eigenvalue weighted by Crippen LogP contribution is 2.21. The van der Waals surface area contributed by atoms with Gasteiger partial charge < -0.3 is 11.1 Å². The number of halogens is 1. The molecule has 0 bridgehead atoms. The molecule has 108 valence electrons. The molecule has 0 atom stereocenters. The number of nitrogens with two attached hydrogens (primary N) is 1. The Morgan fingerprint density at radius 2 is 1.90 bits per heavy atom. The van der Waals surface area contributed by atoms with Crippen molar-refractivity contribution >= 4 is 33.2 Å². The second kappa shape index (κ2) is 6.36. The summed E-state index contributed by atoms with van der Waals surface area (Å²) in [4.78, 5) is 22.3. The van der Waals surface area contributed by atoms with E-state index in [9.17, 15) is 14.9 Å². The molecule has 0 aliphatic heterocycles. The van der Waals surface area contributed by atoms with Crippen LogP contribution in [0.1, 0.15) is 15.9 Å². The van der Waals surface area contributed by atoms with Crippen LogP contribution in [0.25, 0.3) is 0 Å². The fourth-order valence-corrected chi connectivity index (χ4v) is 2.21. The molecule has 2 aromatic rings. The Morgan fingerprint density at radius 3 is 2.52 bits per heavy atom. The molecule has 2 aromatic carbocycles. The third kappa shape index (κ3) is 4.03. The highest BCUT2D eigenvalue weighted by molar-refractivity contribution is 9.10. The van der Waals surface area contributed by atoms with E-state index < -0.39 is 4.92 Å². The van der Waals surface area contributed by atoms with Crippen molar-refractivity contribution in [1.29, 1.82) is 0 Å². The van der Waals surface area contributed by atoms with Gasteiger partial charge in [0.1, 0.15) is 0 Å². The maximum absolute atomic E-state index is 12.0. The molecule has 0 saturated carbocycles. The van der Waals surface area contributed by atoms with Crippen LogP contribution in [0.3, 0.4) is 0 Å². The minimum absolute atomic E-state index is 0.137. The van der Waals surface area contributed by atoms with Crippen LogP contribution >= 0.6 is 15.9 Å². The molecule has 0 heterocycles. The van der Waals surface area contributed by atoms with E-state index in [1.165, 1.54) is 18.2 Å². The summed E-state index contributed by atoms with van der Waals surface area (Å²) in [7, 11) is 0. The number of hydrogen-bond acceptors (Lipinski definition) is 4. The van der Waals surface area contributed by atoms with Gasteiger partial charge in [-0.2, -0.15) is 0 Å². The number of nitrogens with zero attached hydrogens (tertiary/aromatic N) is 1. The first kappa shape index (κ1) is 15.0. The number of carbonyl (C=O) groups excluding carboxylic acids is 1. The van der Waals surface area contributed by atoms with Gasteiger partial charge in [-0.3, -0.25) is 14.9 Å². The number of anilines is 1. The minimum Gasteiger partial charge on any atom is -0.399 e. The number of nitrogen functional groups attached to an aromatic ring is 1. The SMILES string of the molecule is Nc1ccc(CNC(=O)c2cc(Br)cc([N+](=O)[O-])c2)cc1. The molecule has 0 fully saturated rings. The standard InChI is InChI=1S/C14H12BrN3O3/c15-11-5-10(6-13(7-11)18(20)21)14(19)17-8-9-1-3-12(16)4-2-9/h1-7H,8,16H2,(H,17,19). The van der Waals surface area contributed by atoms with Crippen molar-refractivity contribution in [3.8, 4) is 0 Å². The monoisotopic (exact) mass is 349 g/mol. The topological polar surface area (TPSA) is 98.3 Å². The second-order valence-corrected chi connectivity index (χ2v) is 5.30. The summed E-state index contributed by atoms with van der Waals surface area (Å²) in [5.74, 6) is -0.378. The molecule has 0 unspecified atom stereocenters. The van der Waals surface area contributed by atoms with E-state index in [-0.39, 0.29) is 17.2 Å². The zero-order valence-electron chi connectivity index (χ0n) is 10.9. The first-order valence-corrected chi connectivity index (χ1v) is 6.82. The van der Waals surface area contributed by atoms with E-state index in [4.69, 9.17) is 5.73 Å². The number of carbonyl (C=O) groups is 1. The van der Waals surface area contributed by atoms with Crippen molar-refractivity contribution in [2.75, 3.05) is 5.73 Å². The molecule has 0 spiro atoms. The van der Waals surface area contributed by atoms with Crippen LogP contribution in [0, 0.1) is 10.1 Å². The molecule has 0 aliphatic rings. The third-order valence-corrected chi connectivity index (χ3v) is 3.25. The molecule has 0 saturated heterocycles.